The smallest absolute Gasteiger partial charge is 0.284 e. The molecule has 0 aromatic rings. The minimum absolute atomic E-state index is 0.0897. The Labute approximate surface area is 195 Å². The maximum Gasteiger partial charge on any atom is 0.284 e. The number of carbonyl (C=O) groups excluding carboxylic acids is 2. The van der Waals surface area contributed by atoms with E-state index in [0.29, 0.717) is 25.7 Å². The molecule has 1 N–H and O–H groups in total. The molecule has 9 atom stereocenters. The molecule has 5 rings (SSSR count). The number of halogens is 1. The van der Waals surface area contributed by atoms with Crippen molar-refractivity contribution in [1.82, 2.24) is 0 Å². The van der Waals surface area contributed by atoms with Crippen molar-refractivity contribution in [2.45, 2.75) is 77.5 Å². The largest absolute Gasteiger partial charge is 0.343 e. The number of ketones is 2. The summed E-state index contributed by atoms with van der Waals surface area (Å²) in [6.45, 7) is 9.42. The number of rotatable bonds is 2. The van der Waals surface area contributed by atoms with E-state index in [-0.39, 0.29) is 41.8 Å². The molecule has 0 bridgehead atoms. The third kappa shape index (κ3) is 2.63. The van der Waals surface area contributed by atoms with Crippen LogP contribution < -0.4 is 0 Å². The van der Waals surface area contributed by atoms with Gasteiger partial charge in [-0.1, -0.05) is 45.4 Å². The number of carbonyl (C=O) groups is 2. The molecular formula is C27H35FO5. The highest BCUT2D eigenvalue weighted by molar-refractivity contribution is 6.01. The first-order valence-electron chi connectivity index (χ1n) is 12.3. The van der Waals surface area contributed by atoms with Crippen LogP contribution >= 0.6 is 0 Å². The van der Waals surface area contributed by atoms with E-state index >= 15 is 4.39 Å². The molecule has 1 spiro atoms. The maximum absolute atomic E-state index is 17.1. The Kier molecular flexibility index (Phi) is 4.87. The standard InChI is InChI=1S/C27H35FO5/c1-6-16(2)27(31)32-15-22(30)26(33-27)17(3)13-21-20-8-7-18-14-19(29)9-10-23(18,4)25(20,28)12-11-24(21,26)5/h9-12,14,16-17,20-21,31H,6-8,13,15H2,1-5H3/t16?,17-,20+,21+,23+,24+,25-,26+,27?/m1/s1. The zero-order valence-electron chi connectivity index (χ0n) is 20.2. The van der Waals surface area contributed by atoms with Crippen molar-refractivity contribution >= 4 is 11.6 Å². The highest BCUT2D eigenvalue weighted by Crippen LogP contribution is 2.70. The Balaban J connectivity index is 1.63. The Morgan fingerprint density at radius 2 is 1.94 bits per heavy atom. The molecule has 0 radical (unpaired) electrons. The average molecular weight is 459 g/mol. The molecule has 3 fully saturated rings. The van der Waals surface area contributed by atoms with E-state index in [2.05, 4.69) is 0 Å². The summed E-state index contributed by atoms with van der Waals surface area (Å²) in [6.07, 6.45) is 10.8. The fourth-order valence-electron chi connectivity index (χ4n) is 7.73. The van der Waals surface area contributed by atoms with Gasteiger partial charge in [0.25, 0.3) is 5.97 Å². The topological polar surface area (TPSA) is 72.8 Å². The predicted octanol–water partition coefficient (Wildman–Crippen LogP) is 4.46. The quantitative estimate of drug-likeness (QED) is 0.619. The van der Waals surface area contributed by atoms with Crippen LogP contribution in [0.2, 0.25) is 0 Å². The highest BCUT2D eigenvalue weighted by Gasteiger charge is 2.74. The summed E-state index contributed by atoms with van der Waals surface area (Å²) in [4.78, 5) is 25.5. The van der Waals surface area contributed by atoms with Gasteiger partial charge in [0.05, 0.1) is 0 Å². The fraction of sp³-hybridized carbons (Fsp3) is 0.704. The normalized spacial score (nSPS) is 51.7. The minimum atomic E-state index is -1.85. The van der Waals surface area contributed by atoms with Crippen molar-refractivity contribution in [3.8, 4) is 0 Å². The molecular weight excluding hydrogens is 423 g/mol. The first-order valence-corrected chi connectivity index (χ1v) is 12.3. The Morgan fingerprint density at radius 1 is 1.21 bits per heavy atom. The summed E-state index contributed by atoms with van der Waals surface area (Å²) >= 11 is 0. The van der Waals surface area contributed by atoms with Gasteiger partial charge in [-0.25, -0.2) is 4.39 Å². The lowest BCUT2D eigenvalue weighted by Crippen LogP contribution is -2.68. The van der Waals surface area contributed by atoms with Crippen LogP contribution in [-0.2, 0) is 19.1 Å². The molecule has 1 saturated heterocycles. The van der Waals surface area contributed by atoms with Crippen molar-refractivity contribution in [2.75, 3.05) is 6.61 Å². The SMILES string of the molecule is CCC(C)C1(O)OCC(=O)[C@@]2(O1)[C@H](C)C[C@H]1[C@@H]3CCC4=CC(=O)C=C[C@]4(C)[C@@]3(F)C=C[C@@]12C. The lowest BCUT2D eigenvalue weighted by Gasteiger charge is -2.59. The van der Waals surface area contributed by atoms with Gasteiger partial charge in [-0.15, -0.1) is 0 Å². The number of alkyl halides is 1. The van der Waals surface area contributed by atoms with Gasteiger partial charge in [-0.05, 0) is 62.7 Å². The number of hydrogen-bond acceptors (Lipinski definition) is 5. The molecule has 0 aromatic heterocycles. The molecule has 5 aliphatic rings. The van der Waals surface area contributed by atoms with Crippen LogP contribution in [0.4, 0.5) is 4.39 Å². The van der Waals surface area contributed by atoms with E-state index < -0.39 is 28.1 Å². The summed E-state index contributed by atoms with van der Waals surface area (Å²) in [5.41, 5.74) is -3.77. The van der Waals surface area contributed by atoms with Gasteiger partial charge in [-0.2, -0.15) is 0 Å². The summed E-state index contributed by atoms with van der Waals surface area (Å²) in [7, 11) is 0. The second-order valence-electron chi connectivity index (χ2n) is 11.4. The van der Waals surface area contributed by atoms with Crippen molar-refractivity contribution in [3.63, 3.8) is 0 Å². The van der Waals surface area contributed by atoms with Crippen molar-refractivity contribution < 1.29 is 28.6 Å². The molecule has 33 heavy (non-hydrogen) atoms. The van der Waals surface area contributed by atoms with Crippen molar-refractivity contribution in [1.29, 1.82) is 0 Å². The molecule has 180 valence electrons. The molecule has 4 aliphatic carbocycles. The number of ether oxygens (including phenoxy) is 2. The third-order valence-corrected chi connectivity index (χ3v) is 10.0. The van der Waals surface area contributed by atoms with E-state index in [9.17, 15) is 14.7 Å². The van der Waals surface area contributed by atoms with Crippen LogP contribution in [0, 0.1) is 34.5 Å². The molecule has 1 aliphatic heterocycles. The van der Waals surface area contributed by atoms with E-state index in [0.717, 1.165) is 5.57 Å². The Bertz CT molecular complexity index is 1000. The third-order valence-electron chi connectivity index (χ3n) is 10.0. The molecule has 2 saturated carbocycles. The molecule has 2 unspecified atom stereocenters. The van der Waals surface area contributed by atoms with Gasteiger partial charge in [0.1, 0.15) is 17.9 Å². The van der Waals surface area contributed by atoms with E-state index in [1.54, 1.807) is 18.2 Å². The predicted molar refractivity (Wildman–Crippen MR) is 121 cm³/mol. The second-order valence-corrected chi connectivity index (χ2v) is 11.4. The Morgan fingerprint density at radius 3 is 2.64 bits per heavy atom. The van der Waals surface area contributed by atoms with Crippen molar-refractivity contribution in [3.05, 3.63) is 36.0 Å². The van der Waals surface area contributed by atoms with Gasteiger partial charge in [0.2, 0.25) is 0 Å². The van der Waals surface area contributed by atoms with Crippen LogP contribution in [0.3, 0.4) is 0 Å². The molecule has 0 aromatic carbocycles. The number of fused-ring (bicyclic) bond motifs is 6. The van der Waals surface area contributed by atoms with E-state index in [1.165, 1.54) is 6.08 Å². The number of hydrogen-bond donors (Lipinski definition) is 1. The van der Waals surface area contributed by atoms with Crippen LogP contribution in [0.25, 0.3) is 0 Å². The first kappa shape index (κ1) is 23.1. The maximum atomic E-state index is 17.1. The molecule has 6 heteroatoms. The first-order chi connectivity index (χ1) is 15.4. The van der Waals surface area contributed by atoms with Crippen LogP contribution in [0.15, 0.2) is 36.0 Å². The van der Waals surface area contributed by atoms with Crippen LogP contribution in [0.1, 0.15) is 60.3 Å². The second kappa shape index (κ2) is 6.96. The van der Waals surface area contributed by atoms with Crippen LogP contribution in [0.5, 0.6) is 0 Å². The lowest BCUT2D eigenvalue weighted by atomic mass is 9.48. The van der Waals surface area contributed by atoms with Gasteiger partial charge in [0, 0.05) is 22.7 Å². The number of Topliss-reactive ketones (excluding diaryl/α,β-unsaturated/α-hetero) is 1. The molecule has 1 heterocycles. The zero-order chi connectivity index (χ0) is 24.0. The lowest BCUT2D eigenvalue weighted by molar-refractivity contribution is -0.435. The van der Waals surface area contributed by atoms with Crippen LogP contribution in [-0.4, -0.2) is 40.5 Å². The van der Waals surface area contributed by atoms with Crippen molar-refractivity contribution in [2.24, 2.45) is 34.5 Å². The number of aliphatic hydroxyl groups is 1. The summed E-state index contributed by atoms with van der Waals surface area (Å²) in [6, 6.07) is 0. The zero-order valence-corrected chi connectivity index (χ0v) is 20.2. The highest BCUT2D eigenvalue weighted by atomic mass is 19.1. The average Bonchev–Trinajstić information content (AvgIpc) is 2.99. The summed E-state index contributed by atoms with van der Waals surface area (Å²) < 4.78 is 29.0. The van der Waals surface area contributed by atoms with Gasteiger partial charge < -0.3 is 14.6 Å². The minimum Gasteiger partial charge on any atom is -0.343 e. The summed E-state index contributed by atoms with van der Waals surface area (Å²) in [5, 5.41) is 11.3. The fourth-order valence-corrected chi connectivity index (χ4v) is 7.73. The summed E-state index contributed by atoms with van der Waals surface area (Å²) in [5.74, 6) is -3.13. The Hall–Kier alpha value is -1.63. The molecule has 5 nitrogen and oxygen atoms in total. The number of allylic oxidation sites excluding steroid dienone is 5. The van der Waals surface area contributed by atoms with E-state index in [1.807, 2.05) is 40.7 Å². The monoisotopic (exact) mass is 458 g/mol. The van der Waals surface area contributed by atoms with Gasteiger partial charge in [-0.3, -0.25) is 9.59 Å². The van der Waals surface area contributed by atoms with E-state index in [4.69, 9.17) is 9.47 Å². The van der Waals surface area contributed by atoms with Gasteiger partial charge in [0.15, 0.2) is 11.6 Å². The molecule has 0 amide bonds. The van der Waals surface area contributed by atoms with Gasteiger partial charge >= 0.3 is 0 Å².